The minimum absolute atomic E-state index is 0.105. The van der Waals surface area contributed by atoms with Crippen LogP contribution in [0.2, 0.25) is 0 Å². The number of carbonyl (C=O) groups excluding carboxylic acids is 1. The van der Waals surface area contributed by atoms with Gasteiger partial charge in [-0.1, -0.05) is 37.5 Å². The van der Waals surface area contributed by atoms with Gasteiger partial charge in [0, 0.05) is 29.9 Å². The molecule has 0 unspecified atom stereocenters. The maximum atomic E-state index is 12.7. The highest BCUT2D eigenvalue weighted by Gasteiger charge is 2.38. The fourth-order valence-electron chi connectivity index (χ4n) is 4.00. The van der Waals surface area contributed by atoms with Crippen LogP contribution in [0.1, 0.15) is 69.2 Å². The number of carboxylic acids is 1. The topological polar surface area (TPSA) is 118 Å². The van der Waals surface area contributed by atoms with Crippen molar-refractivity contribution in [1.82, 2.24) is 4.98 Å². The summed E-state index contributed by atoms with van der Waals surface area (Å²) in [5.41, 5.74) is 1.31. The molecular weight excluding hydrogens is 414 g/mol. The molecule has 0 amide bonds. The number of aliphatic hydroxyl groups is 1. The number of nitrogens with one attached hydrogen (secondary N) is 1. The van der Waals surface area contributed by atoms with Gasteiger partial charge in [-0.3, -0.25) is 4.79 Å². The molecule has 1 aromatic heterocycles. The summed E-state index contributed by atoms with van der Waals surface area (Å²) in [6.45, 7) is 3.74. The van der Waals surface area contributed by atoms with Crippen molar-refractivity contribution in [3.8, 4) is 0 Å². The Bertz CT molecular complexity index is 895. The van der Waals surface area contributed by atoms with Gasteiger partial charge in [0.25, 0.3) is 0 Å². The average Bonchev–Trinajstić information content (AvgIpc) is 3.18. The molecule has 0 spiro atoms. The summed E-state index contributed by atoms with van der Waals surface area (Å²) in [5, 5.41) is 20.0. The molecule has 1 saturated heterocycles. The molecule has 1 aromatic carbocycles. The van der Waals surface area contributed by atoms with E-state index in [2.05, 4.69) is 4.98 Å². The number of esters is 1. The number of aliphatic hydroxyl groups excluding tert-OH is 1. The Morgan fingerprint density at radius 1 is 1.22 bits per heavy atom. The molecular formula is C24H33NO7. The Labute approximate surface area is 187 Å². The first kappa shape index (κ1) is 24.2. The summed E-state index contributed by atoms with van der Waals surface area (Å²) >= 11 is 0. The number of unbranched alkanes of at least 4 members (excludes halogenated alkanes) is 3. The fraction of sp³-hybridized carbons (Fsp3) is 0.583. The number of benzene rings is 1. The van der Waals surface area contributed by atoms with Gasteiger partial charge >= 0.3 is 11.9 Å². The van der Waals surface area contributed by atoms with Crippen LogP contribution in [0, 0.1) is 0 Å². The van der Waals surface area contributed by atoms with E-state index in [0.717, 1.165) is 36.6 Å². The minimum Gasteiger partial charge on any atom is -0.481 e. The Kier molecular flexibility index (Phi) is 8.67. The van der Waals surface area contributed by atoms with Crippen LogP contribution >= 0.6 is 0 Å². The van der Waals surface area contributed by atoms with Crippen LogP contribution in [0.25, 0.3) is 10.9 Å². The molecule has 0 aliphatic carbocycles. The predicted octanol–water partition coefficient (Wildman–Crippen LogP) is 4.02. The first-order valence-electron chi connectivity index (χ1n) is 11.3. The van der Waals surface area contributed by atoms with Crippen molar-refractivity contribution in [1.29, 1.82) is 0 Å². The van der Waals surface area contributed by atoms with Crippen molar-refractivity contribution in [2.75, 3.05) is 0 Å². The van der Waals surface area contributed by atoms with Gasteiger partial charge in [-0.15, -0.1) is 0 Å². The van der Waals surface area contributed by atoms with Crippen LogP contribution in [0.3, 0.4) is 0 Å². The zero-order valence-electron chi connectivity index (χ0n) is 18.7. The molecule has 5 atom stereocenters. The zero-order chi connectivity index (χ0) is 23.1. The molecule has 32 heavy (non-hydrogen) atoms. The molecule has 3 N–H and O–H groups in total. The number of rotatable bonds is 11. The van der Waals surface area contributed by atoms with Gasteiger partial charge < -0.3 is 29.4 Å². The highest BCUT2D eigenvalue weighted by Crippen LogP contribution is 2.27. The van der Waals surface area contributed by atoms with Gasteiger partial charge in [0.2, 0.25) is 0 Å². The third kappa shape index (κ3) is 6.54. The van der Waals surface area contributed by atoms with Gasteiger partial charge in [-0.05, 0) is 32.8 Å². The van der Waals surface area contributed by atoms with E-state index in [1.165, 1.54) is 0 Å². The standard InChI is InChI=1S/C24H33NO7/c1-15(9-5-3-4-6-12-22(27)28)30-24-20(26)13-21(16(2)31-24)32-23(29)18-14-25-19-11-8-7-10-17(18)19/h7-8,10-11,14-16,20-21,24-26H,3-6,9,12-13H2,1-2H3,(H,27,28)/t15-,16+,20-,21-,24-/m1/s1. The Hall–Kier alpha value is -2.42. The number of aromatic nitrogens is 1. The molecule has 2 heterocycles. The number of aromatic amines is 1. The molecule has 0 bridgehead atoms. The van der Waals surface area contributed by atoms with Crippen LogP contribution in [0.5, 0.6) is 0 Å². The monoisotopic (exact) mass is 447 g/mol. The molecule has 8 nitrogen and oxygen atoms in total. The normalized spacial score (nSPS) is 24.3. The average molecular weight is 448 g/mol. The number of aliphatic carboxylic acids is 1. The van der Waals surface area contributed by atoms with E-state index in [9.17, 15) is 14.7 Å². The van der Waals surface area contributed by atoms with E-state index < -0.39 is 36.5 Å². The summed E-state index contributed by atoms with van der Waals surface area (Å²) in [5.74, 6) is -1.21. The molecule has 176 valence electrons. The number of H-pyrrole nitrogens is 1. The summed E-state index contributed by atoms with van der Waals surface area (Å²) in [6.07, 6.45) is 3.54. The lowest BCUT2D eigenvalue weighted by atomic mass is 10.0. The van der Waals surface area contributed by atoms with Gasteiger partial charge in [-0.25, -0.2) is 4.79 Å². The molecule has 1 fully saturated rings. The number of carboxylic acid groups (broad SMARTS) is 1. The zero-order valence-corrected chi connectivity index (χ0v) is 18.7. The first-order valence-corrected chi connectivity index (χ1v) is 11.3. The second-order valence-electron chi connectivity index (χ2n) is 8.50. The third-order valence-electron chi connectivity index (χ3n) is 5.85. The second kappa shape index (κ2) is 11.4. The van der Waals surface area contributed by atoms with Crippen LogP contribution in [-0.2, 0) is 19.0 Å². The summed E-state index contributed by atoms with van der Waals surface area (Å²) in [6, 6.07) is 7.50. The second-order valence-corrected chi connectivity index (χ2v) is 8.50. The van der Waals surface area contributed by atoms with Crippen molar-refractivity contribution >= 4 is 22.8 Å². The van der Waals surface area contributed by atoms with E-state index in [0.29, 0.717) is 12.0 Å². The quantitative estimate of drug-likeness (QED) is 0.352. The summed E-state index contributed by atoms with van der Waals surface area (Å²) in [7, 11) is 0. The van der Waals surface area contributed by atoms with Crippen molar-refractivity contribution in [3.05, 3.63) is 36.0 Å². The number of para-hydroxylation sites is 1. The maximum Gasteiger partial charge on any atom is 0.340 e. The van der Waals surface area contributed by atoms with Crippen molar-refractivity contribution in [2.45, 2.75) is 89.5 Å². The molecule has 1 aliphatic rings. The number of hydrogen-bond donors (Lipinski definition) is 3. The molecule has 1 aliphatic heterocycles. The smallest absolute Gasteiger partial charge is 0.340 e. The molecule has 2 aromatic rings. The van der Waals surface area contributed by atoms with E-state index in [-0.39, 0.29) is 18.9 Å². The van der Waals surface area contributed by atoms with Crippen LogP contribution in [0.15, 0.2) is 30.5 Å². The lowest BCUT2D eigenvalue weighted by molar-refractivity contribution is -0.273. The SMILES string of the molecule is C[C@H](CCCCCCC(=O)O)O[C@@H]1O[C@@H](C)[C@H](OC(=O)c2c[nH]c3ccccc23)C[C@H]1O. The van der Waals surface area contributed by atoms with Crippen molar-refractivity contribution < 1.29 is 34.0 Å². The molecule has 0 radical (unpaired) electrons. The number of hydrogen-bond acceptors (Lipinski definition) is 6. The largest absolute Gasteiger partial charge is 0.481 e. The van der Waals surface area contributed by atoms with Gasteiger partial charge in [0.05, 0.1) is 17.8 Å². The van der Waals surface area contributed by atoms with Crippen LogP contribution in [0.4, 0.5) is 0 Å². The fourth-order valence-corrected chi connectivity index (χ4v) is 4.00. The summed E-state index contributed by atoms with van der Waals surface area (Å²) in [4.78, 5) is 26.3. The Morgan fingerprint density at radius 2 is 1.97 bits per heavy atom. The van der Waals surface area contributed by atoms with Crippen molar-refractivity contribution in [3.63, 3.8) is 0 Å². The van der Waals surface area contributed by atoms with Gasteiger partial charge in [-0.2, -0.15) is 0 Å². The van der Waals surface area contributed by atoms with E-state index in [4.69, 9.17) is 19.3 Å². The Balaban J connectivity index is 1.43. The van der Waals surface area contributed by atoms with Gasteiger partial charge in [0.15, 0.2) is 6.29 Å². The maximum absolute atomic E-state index is 12.7. The lowest BCUT2D eigenvalue weighted by Gasteiger charge is -2.38. The highest BCUT2D eigenvalue weighted by atomic mass is 16.7. The molecule has 3 rings (SSSR count). The van der Waals surface area contributed by atoms with Crippen LogP contribution in [-0.4, -0.2) is 57.8 Å². The van der Waals surface area contributed by atoms with Gasteiger partial charge in [0.1, 0.15) is 12.2 Å². The molecule has 8 heteroatoms. The minimum atomic E-state index is -0.898. The Morgan fingerprint density at radius 3 is 2.75 bits per heavy atom. The summed E-state index contributed by atoms with van der Waals surface area (Å²) < 4.78 is 17.4. The van der Waals surface area contributed by atoms with Crippen molar-refractivity contribution in [2.24, 2.45) is 0 Å². The predicted molar refractivity (Wildman–Crippen MR) is 118 cm³/mol. The number of carbonyl (C=O) groups is 2. The van der Waals surface area contributed by atoms with E-state index in [1.54, 1.807) is 6.20 Å². The molecule has 0 saturated carbocycles. The number of fused-ring (bicyclic) bond motifs is 1. The van der Waals surface area contributed by atoms with Crippen LogP contribution < -0.4 is 0 Å². The van der Waals surface area contributed by atoms with E-state index in [1.807, 2.05) is 38.1 Å². The third-order valence-corrected chi connectivity index (χ3v) is 5.85. The lowest BCUT2D eigenvalue weighted by Crippen LogP contribution is -2.49. The highest BCUT2D eigenvalue weighted by molar-refractivity contribution is 6.04. The number of ether oxygens (including phenoxy) is 3. The first-order chi connectivity index (χ1) is 15.3. The van der Waals surface area contributed by atoms with E-state index >= 15 is 0 Å².